The van der Waals surface area contributed by atoms with Gasteiger partial charge in [-0.3, -0.25) is 4.79 Å². The Labute approximate surface area is 99.8 Å². The molecular formula is C10H17ClO3S. The molecule has 3 nitrogen and oxygen atoms in total. The average Bonchev–Trinajstić information content (AvgIpc) is 2.12. The van der Waals surface area contributed by atoms with E-state index in [2.05, 4.69) is 0 Å². The molecule has 0 aromatic carbocycles. The Morgan fingerprint density at radius 1 is 1.60 bits per heavy atom. The van der Waals surface area contributed by atoms with E-state index < -0.39 is 17.1 Å². The zero-order valence-electron chi connectivity index (χ0n) is 9.12. The van der Waals surface area contributed by atoms with E-state index in [1.54, 1.807) is 25.6 Å². The maximum Gasteiger partial charge on any atom is 0.326 e. The van der Waals surface area contributed by atoms with Crippen molar-refractivity contribution in [1.29, 1.82) is 0 Å². The second kappa shape index (κ2) is 5.97. The van der Waals surface area contributed by atoms with Gasteiger partial charge in [0.05, 0.1) is 12.4 Å². The number of hydrogen-bond acceptors (Lipinski definition) is 4. The van der Waals surface area contributed by atoms with E-state index in [0.29, 0.717) is 12.4 Å². The highest BCUT2D eigenvalue weighted by atomic mass is 35.5. The summed E-state index contributed by atoms with van der Waals surface area (Å²) in [6, 6.07) is 0. The summed E-state index contributed by atoms with van der Waals surface area (Å²) < 4.78 is 10.8. The molecule has 2 unspecified atom stereocenters. The zero-order valence-corrected chi connectivity index (χ0v) is 10.7. The topological polar surface area (TPSA) is 35.5 Å². The van der Waals surface area contributed by atoms with Gasteiger partial charge < -0.3 is 9.47 Å². The lowest BCUT2D eigenvalue weighted by molar-refractivity contribution is -0.213. The van der Waals surface area contributed by atoms with E-state index in [4.69, 9.17) is 21.1 Å². The molecule has 0 saturated carbocycles. The van der Waals surface area contributed by atoms with Crippen LogP contribution in [0.5, 0.6) is 0 Å². The maximum atomic E-state index is 11.4. The normalized spacial score (nSPS) is 30.1. The van der Waals surface area contributed by atoms with Crippen LogP contribution >= 0.6 is 23.4 Å². The molecule has 0 aliphatic carbocycles. The number of rotatable bonds is 2. The number of hydrogen-bond donors (Lipinski definition) is 0. The average molecular weight is 253 g/mol. The Morgan fingerprint density at radius 2 is 2.33 bits per heavy atom. The van der Waals surface area contributed by atoms with Crippen LogP contribution in [0, 0.1) is 0 Å². The van der Waals surface area contributed by atoms with E-state index in [-0.39, 0.29) is 0 Å². The van der Waals surface area contributed by atoms with Crippen molar-refractivity contribution < 1.29 is 14.3 Å². The molecule has 1 heterocycles. The van der Waals surface area contributed by atoms with E-state index in [1.165, 1.54) is 0 Å². The molecule has 0 bridgehead atoms. The number of halogens is 1. The van der Waals surface area contributed by atoms with Gasteiger partial charge in [0.15, 0.2) is 0 Å². The van der Waals surface area contributed by atoms with Gasteiger partial charge >= 0.3 is 5.97 Å². The van der Waals surface area contributed by atoms with Gasteiger partial charge in [0.2, 0.25) is 5.79 Å². The van der Waals surface area contributed by atoms with Crippen molar-refractivity contribution in [2.24, 2.45) is 0 Å². The molecule has 1 rings (SSSR count). The van der Waals surface area contributed by atoms with Crippen LogP contribution in [0.2, 0.25) is 0 Å². The SMILES string of the molecule is CC(Cl)C(=O)OC1(C)CSCCCCO1. The van der Waals surface area contributed by atoms with Crippen LogP contribution in [0.3, 0.4) is 0 Å². The number of alkyl halides is 1. The van der Waals surface area contributed by atoms with Gasteiger partial charge in [-0.25, -0.2) is 0 Å². The molecule has 0 aromatic rings. The summed E-state index contributed by atoms with van der Waals surface area (Å²) in [6.45, 7) is 4.03. The van der Waals surface area contributed by atoms with Gasteiger partial charge in [0, 0.05) is 6.92 Å². The molecule has 1 aliphatic rings. The van der Waals surface area contributed by atoms with Crippen molar-refractivity contribution in [2.45, 2.75) is 37.9 Å². The minimum Gasteiger partial charge on any atom is -0.431 e. The molecular weight excluding hydrogens is 236 g/mol. The summed E-state index contributed by atoms with van der Waals surface area (Å²) in [5.41, 5.74) is 0. The summed E-state index contributed by atoms with van der Waals surface area (Å²) in [4.78, 5) is 11.4. The first-order valence-corrected chi connectivity index (χ1v) is 6.71. The fourth-order valence-corrected chi connectivity index (χ4v) is 2.36. The molecule has 0 amide bonds. The first-order chi connectivity index (χ1) is 7.03. The number of thioether (sulfide) groups is 1. The highest BCUT2D eigenvalue weighted by Crippen LogP contribution is 2.24. The molecule has 1 aliphatic heterocycles. The van der Waals surface area contributed by atoms with Gasteiger partial charge in [0.1, 0.15) is 5.38 Å². The second-order valence-electron chi connectivity index (χ2n) is 3.78. The lowest BCUT2D eigenvalue weighted by Gasteiger charge is -2.31. The van der Waals surface area contributed by atoms with Crippen LogP contribution in [0.1, 0.15) is 26.7 Å². The lowest BCUT2D eigenvalue weighted by atomic mass is 10.3. The second-order valence-corrected chi connectivity index (χ2v) is 5.54. The fourth-order valence-electron chi connectivity index (χ4n) is 1.25. The van der Waals surface area contributed by atoms with Crippen LogP contribution in [-0.2, 0) is 14.3 Å². The molecule has 0 spiro atoms. The molecule has 0 N–H and O–H groups in total. The highest BCUT2D eigenvalue weighted by Gasteiger charge is 2.31. The van der Waals surface area contributed by atoms with Crippen molar-refractivity contribution in [2.75, 3.05) is 18.1 Å². The Kier molecular flexibility index (Phi) is 5.23. The van der Waals surface area contributed by atoms with E-state index in [1.807, 2.05) is 0 Å². The van der Waals surface area contributed by atoms with Crippen molar-refractivity contribution in [1.82, 2.24) is 0 Å². The smallest absolute Gasteiger partial charge is 0.326 e. The quantitative estimate of drug-likeness (QED) is 0.559. The summed E-state index contributed by atoms with van der Waals surface area (Å²) in [7, 11) is 0. The van der Waals surface area contributed by atoms with Crippen molar-refractivity contribution in [3.63, 3.8) is 0 Å². The lowest BCUT2D eigenvalue weighted by Crippen LogP contribution is -2.40. The Bertz CT molecular complexity index is 213. The minimum atomic E-state index is -0.814. The Hall–Kier alpha value is 0.0700. The van der Waals surface area contributed by atoms with Gasteiger partial charge in [-0.05, 0) is 25.5 Å². The molecule has 1 fully saturated rings. The van der Waals surface area contributed by atoms with Crippen LogP contribution in [0.25, 0.3) is 0 Å². The Balaban J connectivity index is 2.50. The van der Waals surface area contributed by atoms with Crippen molar-refractivity contribution >= 4 is 29.3 Å². The molecule has 1 saturated heterocycles. The zero-order chi connectivity index (χ0) is 11.3. The third kappa shape index (κ3) is 4.62. The summed E-state index contributed by atoms with van der Waals surface area (Å²) in [5, 5.41) is -0.624. The van der Waals surface area contributed by atoms with Crippen LogP contribution in [-0.4, -0.2) is 35.2 Å². The molecule has 88 valence electrons. The number of carbonyl (C=O) groups is 1. The van der Waals surface area contributed by atoms with Crippen LogP contribution in [0.4, 0.5) is 0 Å². The van der Waals surface area contributed by atoms with Crippen molar-refractivity contribution in [3.8, 4) is 0 Å². The van der Waals surface area contributed by atoms with Gasteiger partial charge in [0.25, 0.3) is 0 Å². The molecule has 2 atom stereocenters. The first-order valence-electron chi connectivity index (χ1n) is 5.12. The van der Waals surface area contributed by atoms with E-state index in [0.717, 1.165) is 18.6 Å². The molecule has 0 aromatic heterocycles. The van der Waals surface area contributed by atoms with Crippen LogP contribution < -0.4 is 0 Å². The summed E-state index contributed by atoms with van der Waals surface area (Å²) in [5.74, 6) is 0.529. The van der Waals surface area contributed by atoms with Gasteiger partial charge in [-0.1, -0.05) is 0 Å². The number of ether oxygens (including phenoxy) is 2. The minimum absolute atomic E-state index is 0.416. The molecule has 0 radical (unpaired) electrons. The van der Waals surface area contributed by atoms with Crippen molar-refractivity contribution in [3.05, 3.63) is 0 Å². The number of carbonyl (C=O) groups excluding carboxylic acids is 1. The molecule has 15 heavy (non-hydrogen) atoms. The van der Waals surface area contributed by atoms with Gasteiger partial charge in [-0.15, -0.1) is 11.6 Å². The van der Waals surface area contributed by atoms with Crippen LogP contribution in [0.15, 0.2) is 0 Å². The third-order valence-electron chi connectivity index (χ3n) is 2.10. The number of esters is 1. The predicted octanol–water partition coefficient (Wildman–Crippen LogP) is 2.42. The highest BCUT2D eigenvalue weighted by molar-refractivity contribution is 7.99. The summed E-state index contributed by atoms with van der Waals surface area (Å²) in [6.07, 6.45) is 2.16. The predicted molar refractivity (Wildman–Crippen MR) is 62.3 cm³/mol. The summed E-state index contributed by atoms with van der Waals surface area (Å²) >= 11 is 7.39. The standard InChI is InChI=1S/C10H17ClO3S/c1-8(11)9(12)14-10(2)7-15-6-4-3-5-13-10/h8H,3-7H2,1-2H3. The van der Waals surface area contributed by atoms with E-state index in [9.17, 15) is 4.79 Å². The first kappa shape index (κ1) is 13.1. The third-order valence-corrected chi connectivity index (χ3v) is 3.58. The molecule has 5 heteroatoms. The monoisotopic (exact) mass is 252 g/mol. The maximum absolute atomic E-state index is 11.4. The fraction of sp³-hybridized carbons (Fsp3) is 0.900. The largest absolute Gasteiger partial charge is 0.431 e. The van der Waals surface area contributed by atoms with E-state index >= 15 is 0 Å². The Morgan fingerprint density at radius 3 is 3.00 bits per heavy atom. The van der Waals surface area contributed by atoms with Gasteiger partial charge in [-0.2, -0.15) is 11.8 Å².